The lowest BCUT2D eigenvalue weighted by Crippen LogP contribution is -2.32. The highest BCUT2D eigenvalue weighted by Gasteiger charge is 2.25. The van der Waals surface area contributed by atoms with Crippen LogP contribution in [0.3, 0.4) is 0 Å². The van der Waals surface area contributed by atoms with Crippen LogP contribution in [0.5, 0.6) is 0 Å². The van der Waals surface area contributed by atoms with E-state index in [4.69, 9.17) is 5.11 Å². The molecular weight excluding hydrogens is 298 g/mol. The predicted octanol–water partition coefficient (Wildman–Crippen LogP) is 3.04. The van der Waals surface area contributed by atoms with Crippen molar-refractivity contribution in [3.05, 3.63) is 16.3 Å². The third-order valence-electron chi connectivity index (χ3n) is 2.95. The van der Waals surface area contributed by atoms with Gasteiger partial charge in [-0.05, 0) is 18.9 Å². The first-order valence-electron chi connectivity index (χ1n) is 6.75. The molecule has 1 heterocycles. The van der Waals surface area contributed by atoms with Gasteiger partial charge in [0.2, 0.25) is 10.0 Å². The molecular formula is C13H21NO4S2. The van der Waals surface area contributed by atoms with Crippen molar-refractivity contribution in [1.29, 1.82) is 0 Å². The zero-order chi connectivity index (χ0) is 15.2. The summed E-state index contributed by atoms with van der Waals surface area (Å²) >= 11 is 0.944. The number of nitrogens with zero attached hydrogens (tertiary/aromatic N) is 1. The SMILES string of the molecule is CCCCN(CCCC)S(=O)(=O)c1csc(C(=O)O)c1. The van der Waals surface area contributed by atoms with Crippen LogP contribution >= 0.6 is 11.3 Å². The van der Waals surface area contributed by atoms with Gasteiger partial charge in [0.25, 0.3) is 0 Å². The second-order valence-corrected chi connectivity index (χ2v) is 7.41. The van der Waals surface area contributed by atoms with Crippen LogP contribution in [0, 0.1) is 0 Å². The van der Waals surface area contributed by atoms with E-state index in [1.54, 1.807) is 0 Å². The fraction of sp³-hybridized carbons (Fsp3) is 0.615. The first-order chi connectivity index (χ1) is 9.43. The van der Waals surface area contributed by atoms with Gasteiger partial charge in [-0.1, -0.05) is 26.7 Å². The molecule has 0 aromatic carbocycles. The molecule has 0 radical (unpaired) electrons. The topological polar surface area (TPSA) is 74.7 Å². The Bertz CT molecular complexity index is 528. The Labute approximate surface area is 124 Å². The number of carboxylic acid groups (broad SMARTS) is 1. The summed E-state index contributed by atoms with van der Waals surface area (Å²) in [5.74, 6) is -1.09. The van der Waals surface area contributed by atoms with Crippen molar-refractivity contribution in [2.75, 3.05) is 13.1 Å². The largest absolute Gasteiger partial charge is 0.477 e. The highest BCUT2D eigenvalue weighted by molar-refractivity contribution is 7.89. The smallest absolute Gasteiger partial charge is 0.345 e. The summed E-state index contributed by atoms with van der Waals surface area (Å²) < 4.78 is 26.5. The number of hydrogen-bond donors (Lipinski definition) is 1. The first kappa shape index (κ1) is 17.1. The number of carboxylic acids is 1. The zero-order valence-electron chi connectivity index (χ0n) is 11.8. The van der Waals surface area contributed by atoms with Crippen LogP contribution in [0.2, 0.25) is 0 Å². The molecule has 20 heavy (non-hydrogen) atoms. The molecule has 114 valence electrons. The van der Waals surface area contributed by atoms with Crippen LogP contribution in [0.25, 0.3) is 0 Å². The molecule has 7 heteroatoms. The molecule has 5 nitrogen and oxygen atoms in total. The first-order valence-corrected chi connectivity index (χ1v) is 9.07. The number of thiophene rings is 1. The highest BCUT2D eigenvalue weighted by Crippen LogP contribution is 2.23. The van der Waals surface area contributed by atoms with E-state index in [0.29, 0.717) is 13.1 Å². The van der Waals surface area contributed by atoms with Crippen molar-refractivity contribution in [3.63, 3.8) is 0 Å². The van der Waals surface area contributed by atoms with Gasteiger partial charge in [-0.25, -0.2) is 13.2 Å². The Hall–Kier alpha value is -0.920. The van der Waals surface area contributed by atoms with Gasteiger partial charge in [0.05, 0.1) is 4.90 Å². The van der Waals surface area contributed by atoms with Gasteiger partial charge in [-0.3, -0.25) is 0 Å². The van der Waals surface area contributed by atoms with E-state index in [-0.39, 0.29) is 9.77 Å². The van der Waals surface area contributed by atoms with Crippen molar-refractivity contribution < 1.29 is 18.3 Å². The second-order valence-electron chi connectivity index (χ2n) is 4.56. The molecule has 0 saturated carbocycles. The fourth-order valence-electron chi connectivity index (χ4n) is 1.74. The second kappa shape index (κ2) is 7.75. The van der Waals surface area contributed by atoms with Gasteiger partial charge in [-0.15, -0.1) is 11.3 Å². The van der Waals surface area contributed by atoms with E-state index in [1.165, 1.54) is 15.8 Å². The highest BCUT2D eigenvalue weighted by atomic mass is 32.2. The molecule has 0 bridgehead atoms. The third kappa shape index (κ3) is 4.29. The fourth-order valence-corrected chi connectivity index (χ4v) is 4.35. The maximum Gasteiger partial charge on any atom is 0.345 e. The van der Waals surface area contributed by atoms with Crippen molar-refractivity contribution >= 4 is 27.3 Å². The number of carbonyl (C=O) groups is 1. The maximum atomic E-state index is 12.5. The molecule has 0 fully saturated rings. The zero-order valence-corrected chi connectivity index (χ0v) is 13.5. The van der Waals surface area contributed by atoms with Crippen molar-refractivity contribution in [2.45, 2.75) is 44.4 Å². The van der Waals surface area contributed by atoms with Crippen molar-refractivity contribution in [1.82, 2.24) is 4.31 Å². The average molecular weight is 319 g/mol. The number of hydrogen-bond acceptors (Lipinski definition) is 4. The minimum absolute atomic E-state index is 0.0505. The quantitative estimate of drug-likeness (QED) is 0.759. The Balaban J connectivity index is 2.97. The van der Waals surface area contributed by atoms with E-state index >= 15 is 0 Å². The summed E-state index contributed by atoms with van der Waals surface area (Å²) in [5, 5.41) is 10.3. The molecule has 0 spiro atoms. The van der Waals surface area contributed by atoms with Crippen LogP contribution in [0.1, 0.15) is 49.2 Å². The summed E-state index contributed by atoms with van der Waals surface area (Å²) in [6.07, 6.45) is 3.45. The molecule has 0 aliphatic carbocycles. The van der Waals surface area contributed by atoms with Crippen molar-refractivity contribution in [2.24, 2.45) is 0 Å². The molecule has 1 aromatic rings. The summed E-state index contributed by atoms with van der Waals surface area (Å²) in [6.45, 7) is 4.99. The van der Waals surface area contributed by atoms with E-state index in [9.17, 15) is 13.2 Å². The summed E-state index contributed by atoms with van der Waals surface area (Å²) in [7, 11) is -3.58. The molecule has 1 aromatic heterocycles. The minimum Gasteiger partial charge on any atom is -0.477 e. The summed E-state index contributed by atoms with van der Waals surface area (Å²) in [5.41, 5.74) is 0. The molecule has 1 rings (SSSR count). The lowest BCUT2D eigenvalue weighted by Gasteiger charge is -2.21. The van der Waals surface area contributed by atoms with E-state index in [1.807, 2.05) is 13.8 Å². The van der Waals surface area contributed by atoms with E-state index < -0.39 is 16.0 Å². The summed E-state index contributed by atoms with van der Waals surface area (Å²) in [4.78, 5) is 11.0. The van der Waals surface area contributed by atoms with Gasteiger partial charge in [0, 0.05) is 18.5 Å². The number of aromatic carboxylic acids is 1. The van der Waals surface area contributed by atoms with Crippen LogP contribution in [0.4, 0.5) is 0 Å². The Kier molecular flexibility index (Phi) is 6.64. The minimum atomic E-state index is -3.58. The molecule has 0 aliphatic rings. The lowest BCUT2D eigenvalue weighted by molar-refractivity contribution is 0.0702. The van der Waals surface area contributed by atoms with Crippen molar-refractivity contribution in [3.8, 4) is 0 Å². The predicted molar refractivity (Wildman–Crippen MR) is 79.9 cm³/mol. The van der Waals surface area contributed by atoms with Crippen LogP contribution in [0.15, 0.2) is 16.3 Å². The number of sulfonamides is 1. The third-order valence-corrected chi connectivity index (χ3v) is 5.89. The van der Waals surface area contributed by atoms with Gasteiger partial charge >= 0.3 is 5.97 Å². The molecule has 1 N–H and O–H groups in total. The molecule has 0 unspecified atom stereocenters. The average Bonchev–Trinajstić information content (AvgIpc) is 2.89. The van der Waals surface area contributed by atoms with Gasteiger partial charge in [-0.2, -0.15) is 4.31 Å². The van der Waals surface area contributed by atoms with Gasteiger partial charge in [0.15, 0.2) is 0 Å². The van der Waals surface area contributed by atoms with Crippen LogP contribution in [-0.2, 0) is 10.0 Å². The lowest BCUT2D eigenvalue weighted by atomic mass is 10.3. The van der Waals surface area contributed by atoms with Crippen LogP contribution in [-0.4, -0.2) is 36.9 Å². The standard InChI is InChI=1S/C13H21NO4S2/c1-3-5-7-14(8-6-4-2)20(17,18)11-9-12(13(15)16)19-10-11/h9-10H,3-8H2,1-2H3,(H,15,16). The maximum absolute atomic E-state index is 12.5. The number of rotatable bonds is 9. The summed E-state index contributed by atoms with van der Waals surface area (Å²) in [6, 6.07) is 1.24. The monoisotopic (exact) mass is 319 g/mol. The van der Waals surface area contributed by atoms with Crippen LogP contribution < -0.4 is 0 Å². The van der Waals surface area contributed by atoms with Gasteiger partial charge < -0.3 is 5.11 Å². The molecule has 0 amide bonds. The number of unbranched alkanes of at least 4 members (excludes halogenated alkanes) is 2. The molecule has 0 atom stereocenters. The Morgan fingerprint density at radius 1 is 1.25 bits per heavy atom. The van der Waals surface area contributed by atoms with Gasteiger partial charge in [0.1, 0.15) is 4.88 Å². The van der Waals surface area contributed by atoms with E-state index in [2.05, 4.69) is 0 Å². The van der Waals surface area contributed by atoms with E-state index in [0.717, 1.165) is 37.0 Å². The Morgan fingerprint density at radius 2 is 1.80 bits per heavy atom. The normalized spacial score (nSPS) is 11.9. The molecule has 0 aliphatic heterocycles. The Morgan fingerprint density at radius 3 is 2.20 bits per heavy atom. The molecule has 0 saturated heterocycles.